The number of amides is 1. The summed E-state index contributed by atoms with van der Waals surface area (Å²) in [4.78, 5) is 12.9. The number of rotatable bonds is 36. The quantitative estimate of drug-likeness (QED) is 0.0271. The van der Waals surface area contributed by atoms with Crippen LogP contribution in [0.15, 0.2) is 85.1 Å². The molecule has 1 saturated heterocycles. The van der Waals surface area contributed by atoms with Crippen LogP contribution in [0.4, 0.5) is 0 Å². The highest BCUT2D eigenvalue weighted by Gasteiger charge is 2.44. The number of allylic oxidation sites excluding steroid dienone is 13. The molecular weight excluding hydrogens is 731 g/mol. The Balaban J connectivity index is 2.40. The zero-order valence-corrected chi connectivity index (χ0v) is 36.3. The summed E-state index contributed by atoms with van der Waals surface area (Å²) in [5.74, 6) is -0.211. The molecule has 0 bridgehead atoms. The second-order valence-electron chi connectivity index (χ2n) is 15.5. The van der Waals surface area contributed by atoms with E-state index in [1.165, 1.54) is 51.4 Å². The highest BCUT2D eigenvalue weighted by molar-refractivity contribution is 5.76. The average Bonchev–Trinajstić information content (AvgIpc) is 3.22. The molecule has 6 N–H and O–H groups in total. The van der Waals surface area contributed by atoms with Crippen molar-refractivity contribution in [3.05, 3.63) is 85.1 Å². The molecule has 58 heavy (non-hydrogen) atoms. The molecule has 0 radical (unpaired) electrons. The number of carbonyl (C=O) groups excluding carboxylic acids is 1. The van der Waals surface area contributed by atoms with Crippen LogP contribution >= 0.6 is 0 Å². The molecule has 9 nitrogen and oxygen atoms in total. The lowest BCUT2D eigenvalue weighted by Crippen LogP contribution is -2.60. The molecule has 1 amide bonds. The Morgan fingerprint density at radius 1 is 0.603 bits per heavy atom. The van der Waals surface area contributed by atoms with Gasteiger partial charge in [0.05, 0.1) is 25.4 Å². The molecule has 9 heteroatoms. The van der Waals surface area contributed by atoms with Gasteiger partial charge in [-0.3, -0.25) is 4.79 Å². The van der Waals surface area contributed by atoms with Crippen LogP contribution in [-0.4, -0.2) is 87.5 Å². The maximum atomic E-state index is 12.9. The number of unbranched alkanes of at least 4 members (excludes halogenated alkanes) is 14. The van der Waals surface area contributed by atoms with Crippen molar-refractivity contribution in [2.45, 2.75) is 204 Å². The lowest BCUT2D eigenvalue weighted by molar-refractivity contribution is -0.302. The van der Waals surface area contributed by atoms with Crippen molar-refractivity contribution >= 4 is 5.91 Å². The van der Waals surface area contributed by atoms with Gasteiger partial charge in [0.2, 0.25) is 5.91 Å². The summed E-state index contributed by atoms with van der Waals surface area (Å²) in [7, 11) is 0. The molecule has 1 aliphatic rings. The number of nitrogens with one attached hydrogen (secondary N) is 1. The number of aliphatic hydroxyl groups excluding tert-OH is 5. The first-order valence-corrected chi connectivity index (χ1v) is 22.8. The Bertz CT molecular complexity index is 1180. The van der Waals surface area contributed by atoms with Crippen molar-refractivity contribution < 1.29 is 39.8 Å². The third-order valence-corrected chi connectivity index (χ3v) is 10.2. The van der Waals surface area contributed by atoms with Crippen LogP contribution in [0.5, 0.6) is 0 Å². The van der Waals surface area contributed by atoms with Crippen molar-refractivity contribution in [1.29, 1.82) is 0 Å². The number of ether oxygens (including phenoxy) is 2. The molecule has 0 aliphatic carbocycles. The molecule has 1 fully saturated rings. The maximum Gasteiger partial charge on any atom is 0.220 e. The third-order valence-electron chi connectivity index (χ3n) is 10.2. The number of carbonyl (C=O) groups is 1. The molecule has 1 heterocycles. The van der Waals surface area contributed by atoms with Crippen molar-refractivity contribution in [1.82, 2.24) is 5.32 Å². The molecule has 7 unspecified atom stereocenters. The summed E-state index contributed by atoms with van der Waals surface area (Å²) in [6.07, 6.45) is 46.2. The fraction of sp³-hybridized carbons (Fsp3) is 0.694. The van der Waals surface area contributed by atoms with E-state index >= 15 is 0 Å². The van der Waals surface area contributed by atoms with E-state index in [-0.39, 0.29) is 12.5 Å². The van der Waals surface area contributed by atoms with E-state index in [0.29, 0.717) is 6.42 Å². The summed E-state index contributed by atoms with van der Waals surface area (Å²) < 4.78 is 11.2. The van der Waals surface area contributed by atoms with E-state index in [1.807, 2.05) is 6.08 Å². The molecule has 0 saturated carbocycles. The van der Waals surface area contributed by atoms with Gasteiger partial charge in [-0.15, -0.1) is 0 Å². The molecule has 0 aromatic carbocycles. The van der Waals surface area contributed by atoms with Crippen molar-refractivity contribution in [2.24, 2.45) is 0 Å². The van der Waals surface area contributed by atoms with Crippen molar-refractivity contribution in [3.8, 4) is 0 Å². The van der Waals surface area contributed by atoms with Crippen LogP contribution in [0, 0.1) is 0 Å². The zero-order valence-electron chi connectivity index (χ0n) is 36.3. The van der Waals surface area contributed by atoms with E-state index < -0.39 is 49.5 Å². The predicted octanol–water partition coefficient (Wildman–Crippen LogP) is 9.55. The second-order valence-corrected chi connectivity index (χ2v) is 15.5. The number of hydrogen-bond acceptors (Lipinski definition) is 8. The first-order chi connectivity index (χ1) is 28.3. The molecule has 1 rings (SSSR count). The summed E-state index contributed by atoms with van der Waals surface area (Å²) in [6.45, 7) is 3.60. The Morgan fingerprint density at radius 3 is 1.66 bits per heavy atom. The Labute approximate surface area is 352 Å². The smallest absolute Gasteiger partial charge is 0.220 e. The first-order valence-electron chi connectivity index (χ1n) is 22.8. The normalized spacial score (nSPS) is 21.7. The standard InChI is InChI=1S/C49H83NO8/c1-3-5-7-9-11-13-15-17-19-20-21-22-23-24-25-27-29-31-33-35-37-39-45(53)50-42(41-57-49-48(56)47(55)46(54)44(40-51)58-49)43(52)38-36-34-32-30-28-26-18-16-14-12-10-8-6-4-2/h5,7,11,13,17,19,21-22,24-25,28,30,36,38,42-44,46-49,51-52,54-56H,3-4,6,8-10,12,14-16,18,20,23,26-27,29,31-35,37,39-41H2,1-2H3,(H,50,53)/b7-5-,13-11-,19-17-,22-21-,25-24-,30-28+,38-36+. The Morgan fingerprint density at radius 2 is 1.09 bits per heavy atom. The van der Waals surface area contributed by atoms with Gasteiger partial charge in [0.15, 0.2) is 6.29 Å². The highest BCUT2D eigenvalue weighted by atomic mass is 16.7. The van der Waals surface area contributed by atoms with Crippen LogP contribution < -0.4 is 5.32 Å². The topological polar surface area (TPSA) is 149 Å². The van der Waals surface area contributed by atoms with E-state index in [9.17, 15) is 30.3 Å². The lowest BCUT2D eigenvalue weighted by atomic mass is 9.99. The Kier molecular flexibility index (Phi) is 35.5. The van der Waals surface area contributed by atoms with E-state index in [2.05, 4.69) is 92.1 Å². The van der Waals surface area contributed by atoms with E-state index in [0.717, 1.165) is 89.9 Å². The maximum absolute atomic E-state index is 12.9. The van der Waals surface area contributed by atoms with Crippen LogP contribution in [0.2, 0.25) is 0 Å². The van der Waals surface area contributed by atoms with Crippen LogP contribution in [0.1, 0.15) is 162 Å². The van der Waals surface area contributed by atoms with Gasteiger partial charge in [-0.1, -0.05) is 163 Å². The van der Waals surface area contributed by atoms with Gasteiger partial charge in [0, 0.05) is 6.42 Å². The number of hydrogen-bond donors (Lipinski definition) is 6. The van der Waals surface area contributed by atoms with Crippen molar-refractivity contribution in [2.75, 3.05) is 13.2 Å². The zero-order chi connectivity index (χ0) is 42.3. The van der Waals surface area contributed by atoms with E-state index in [1.54, 1.807) is 6.08 Å². The number of aliphatic hydroxyl groups is 5. The fourth-order valence-electron chi connectivity index (χ4n) is 6.55. The average molecular weight is 814 g/mol. The van der Waals surface area contributed by atoms with Crippen LogP contribution in [-0.2, 0) is 14.3 Å². The van der Waals surface area contributed by atoms with Gasteiger partial charge in [-0.25, -0.2) is 0 Å². The highest BCUT2D eigenvalue weighted by Crippen LogP contribution is 2.22. The fourth-order valence-corrected chi connectivity index (χ4v) is 6.55. The van der Waals surface area contributed by atoms with Gasteiger partial charge in [-0.05, 0) is 77.0 Å². The predicted molar refractivity (Wildman–Crippen MR) is 239 cm³/mol. The minimum atomic E-state index is -1.58. The van der Waals surface area contributed by atoms with Gasteiger partial charge >= 0.3 is 0 Å². The first kappa shape index (κ1) is 53.4. The molecule has 0 spiro atoms. The SMILES string of the molecule is CC/C=C\C/C=C\C/C=C\C/C=C\C/C=C\CCCCCCCC(=O)NC(COC1OC(CO)C(O)C(O)C1O)C(O)/C=C/CC/C=C/CCCCCCCCCC. The Hall–Kier alpha value is -2.63. The lowest BCUT2D eigenvalue weighted by Gasteiger charge is -2.40. The monoisotopic (exact) mass is 814 g/mol. The minimum absolute atomic E-state index is 0.211. The van der Waals surface area contributed by atoms with Crippen LogP contribution in [0.3, 0.4) is 0 Å². The third kappa shape index (κ3) is 28.7. The van der Waals surface area contributed by atoms with E-state index in [4.69, 9.17) is 9.47 Å². The molecule has 1 aliphatic heterocycles. The second kappa shape index (κ2) is 38.6. The molecule has 7 atom stereocenters. The van der Waals surface area contributed by atoms with Crippen molar-refractivity contribution in [3.63, 3.8) is 0 Å². The van der Waals surface area contributed by atoms with Gasteiger partial charge in [0.1, 0.15) is 24.4 Å². The minimum Gasteiger partial charge on any atom is -0.394 e. The largest absolute Gasteiger partial charge is 0.394 e. The molecular formula is C49H83NO8. The molecule has 0 aromatic heterocycles. The molecule has 0 aromatic rings. The summed E-state index contributed by atoms with van der Waals surface area (Å²) in [5, 5.41) is 54.1. The van der Waals surface area contributed by atoms with Crippen LogP contribution in [0.25, 0.3) is 0 Å². The summed E-state index contributed by atoms with van der Waals surface area (Å²) >= 11 is 0. The summed E-state index contributed by atoms with van der Waals surface area (Å²) in [6, 6.07) is -0.836. The van der Waals surface area contributed by atoms with Gasteiger partial charge < -0.3 is 40.3 Å². The summed E-state index contributed by atoms with van der Waals surface area (Å²) in [5.41, 5.74) is 0. The van der Waals surface area contributed by atoms with Gasteiger partial charge in [0.25, 0.3) is 0 Å². The molecule has 332 valence electrons. The van der Waals surface area contributed by atoms with Gasteiger partial charge in [-0.2, -0.15) is 0 Å².